The van der Waals surface area contributed by atoms with Crippen molar-refractivity contribution in [2.24, 2.45) is 5.41 Å². The number of carbonyl (C=O) groups excluding carboxylic acids is 1. The molecular formula is C17H25NO3. The van der Waals surface area contributed by atoms with Crippen LogP contribution >= 0.6 is 0 Å². The summed E-state index contributed by atoms with van der Waals surface area (Å²) in [5, 5.41) is 11.6. The first-order chi connectivity index (χ1) is 9.49. The molecule has 4 nitrogen and oxygen atoms in total. The molecule has 0 atom stereocenters. The number of amides is 1. The standard InChI is InChI=1S/C17H25NO3/c1-16(2,3)12-6-8-13(9-7-12)18-14(19)10-17(4,5)11-15(20)21/h6-9H,10-11H2,1-5H3,(H,18,19)(H,20,21). The summed E-state index contributed by atoms with van der Waals surface area (Å²) in [5.74, 6) is -1.05. The summed E-state index contributed by atoms with van der Waals surface area (Å²) in [5.41, 5.74) is 1.46. The van der Waals surface area contributed by atoms with Gasteiger partial charge in [0.2, 0.25) is 5.91 Å². The van der Waals surface area contributed by atoms with Crippen molar-refractivity contribution in [1.82, 2.24) is 0 Å². The van der Waals surface area contributed by atoms with Gasteiger partial charge in [-0.1, -0.05) is 46.8 Å². The van der Waals surface area contributed by atoms with Crippen LogP contribution in [-0.2, 0) is 15.0 Å². The van der Waals surface area contributed by atoms with Gasteiger partial charge in [0.15, 0.2) is 0 Å². The third-order valence-electron chi connectivity index (χ3n) is 3.30. The normalized spacial score (nSPS) is 12.0. The third kappa shape index (κ3) is 5.98. The average molecular weight is 291 g/mol. The molecule has 1 amide bonds. The lowest BCUT2D eigenvalue weighted by molar-refractivity contribution is -0.139. The van der Waals surface area contributed by atoms with Crippen molar-refractivity contribution in [1.29, 1.82) is 0 Å². The number of rotatable bonds is 5. The highest BCUT2D eigenvalue weighted by Gasteiger charge is 2.25. The highest BCUT2D eigenvalue weighted by Crippen LogP contribution is 2.26. The molecule has 0 radical (unpaired) electrons. The number of carboxylic acid groups (broad SMARTS) is 1. The maximum Gasteiger partial charge on any atom is 0.303 e. The van der Waals surface area contributed by atoms with E-state index in [2.05, 4.69) is 26.1 Å². The number of aliphatic carboxylic acids is 1. The lowest BCUT2D eigenvalue weighted by atomic mass is 9.85. The van der Waals surface area contributed by atoms with Crippen LogP contribution in [0.2, 0.25) is 0 Å². The molecule has 0 aliphatic rings. The number of benzene rings is 1. The molecule has 0 saturated heterocycles. The SMILES string of the molecule is CC(C)(CC(=O)O)CC(=O)Nc1ccc(C(C)(C)C)cc1. The van der Waals surface area contributed by atoms with Gasteiger partial charge in [0, 0.05) is 12.1 Å². The van der Waals surface area contributed by atoms with Gasteiger partial charge in [-0.3, -0.25) is 9.59 Å². The number of carboxylic acids is 1. The summed E-state index contributed by atoms with van der Waals surface area (Å²) < 4.78 is 0. The van der Waals surface area contributed by atoms with E-state index in [1.807, 2.05) is 24.3 Å². The number of nitrogens with one attached hydrogen (secondary N) is 1. The van der Waals surface area contributed by atoms with Crippen LogP contribution in [0.3, 0.4) is 0 Å². The summed E-state index contributed by atoms with van der Waals surface area (Å²) in [4.78, 5) is 22.7. The van der Waals surface area contributed by atoms with Crippen LogP contribution in [0.25, 0.3) is 0 Å². The van der Waals surface area contributed by atoms with Crippen molar-refractivity contribution in [3.05, 3.63) is 29.8 Å². The van der Waals surface area contributed by atoms with E-state index in [9.17, 15) is 9.59 Å². The zero-order valence-electron chi connectivity index (χ0n) is 13.5. The topological polar surface area (TPSA) is 66.4 Å². The first-order valence-electron chi connectivity index (χ1n) is 7.12. The zero-order valence-corrected chi connectivity index (χ0v) is 13.5. The highest BCUT2D eigenvalue weighted by molar-refractivity contribution is 5.91. The van der Waals surface area contributed by atoms with Crippen LogP contribution in [0.1, 0.15) is 53.0 Å². The Bertz CT molecular complexity index is 510. The van der Waals surface area contributed by atoms with E-state index in [1.54, 1.807) is 13.8 Å². The van der Waals surface area contributed by atoms with E-state index in [4.69, 9.17) is 5.11 Å². The van der Waals surface area contributed by atoms with Crippen LogP contribution < -0.4 is 5.32 Å². The van der Waals surface area contributed by atoms with Gasteiger partial charge in [0.25, 0.3) is 0 Å². The second-order valence-corrected chi connectivity index (χ2v) is 7.29. The van der Waals surface area contributed by atoms with E-state index in [0.29, 0.717) is 0 Å². The van der Waals surface area contributed by atoms with Gasteiger partial charge in [0.05, 0.1) is 6.42 Å². The van der Waals surface area contributed by atoms with Crippen LogP contribution in [0, 0.1) is 5.41 Å². The van der Waals surface area contributed by atoms with E-state index >= 15 is 0 Å². The van der Waals surface area contributed by atoms with E-state index in [0.717, 1.165) is 5.69 Å². The zero-order chi connectivity index (χ0) is 16.3. The fraction of sp³-hybridized carbons (Fsp3) is 0.529. The third-order valence-corrected chi connectivity index (χ3v) is 3.30. The first-order valence-corrected chi connectivity index (χ1v) is 7.12. The predicted molar refractivity (Wildman–Crippen MR) is 84.4 cm³/mol. The largest absolute Gasteiger partial charge is 0.481 e. The quantitative estimate of drug-likeness (QED) is 0.866. The Kier molecular flexibility index (Phi) is 5.15. The summed E-state index contributed by atoms with van der Waals surface area (Å²) in [7, 11) is 0. The van der Waals surface area contributed by atoms with Crippen LogP contribution in [0.5, 0.6) is 0 Å². The molecule has 2 N–H and O–H groups in total. The molecule has 1 aromatic carbocycles. The number of anilines is 1. The summed E-state index contributed by atoms with van der Waals surface area (Å²) in [6.45, 7) is 9.96. The molecule has 21 heavy (non-hydrogen) atoms. The fourth-order valence-corrected chi connectivity index (χ4v) is 2.17. The molecule has 1 aromatic rings. The summed E-state index contributed by atoms with van der Waals surface area (Å²) in [6.07, 6.45) is 0.156. The molecule has 0 aromatic heterocycles. The van der Waals surface area contributed by atoms with Gasteiger partial charge in [-0.15, -0.1) is 0 Å². The molecule has 0 fully saturated rings. The molecule has 4 heteroatoms. The first kappa shape index (κ1) is 17.2. The van der Waals surface area contributed by atoms with Gasteiger partial charge in [-0.25, -0.2) is 0 Å². The number of hydrogen-bond donors (Lipinski definition) is 2. The van der Waals surface area contributed by atoms with E-state index < -0.39 is 11.4 Å². The smallest absolute Gasteiger partial charge is 0.303 e. The predicted octanol–water partition coefficient (Wildman–Crippen LogP) is 3.81. The minimum atomic E-state index is -0.887. The van der Waals surface area contributed by atoms with Gasteiger partial charge < -0.3 is 10.4 Å². The summed E-state index contributed by atoms with van der Waals surface area (Å²) >= 11 is 0. The fourth-order valence-electron chi connectivity index (χ4n) is 2.17. The molecule has 0 spiro atoms. The maximum absolute atomic E-state index is 12.0. The highest BCUT2D eigenvalue weighted by atomic mass is 16.4. The van der Waals surface area contributed by atoms with E-state index in [1.165, 1.54) is 5.56 Å². The van der Waals surface area contributed by atoms with Gasteiger partial charge in [-0.2, -0.15) is 0 Å². The second-order valence-electron chi connectivity index (χ2n) is 7.29. The van der Waals surface area contributed by atoms with Crippen molar-refractivity contribution in [2.75, 3.05) is 5.32 Å². The van der Waals surface area contributed by atoms with Crippen molar-refractivity contribution in [3.8, 4) is 0 Å². The molecule has 0 aliphatic heterocycles. The lowest BCUT2D eigenvalue weighted by Gasteiger charge is -2.22. The van der Waals surface area contributed by atoms with Gasteiger partial charge in [-0.05, 0) is 28.5 Å². The Hall–Kier alpha value is -1.84. The van der Waals surface area contributed by atoms with Crippen LogP contribution in [-0.4, -0.2) is 17.0 Å². The molecule has 0 unspecified atom stereocenters. The monoisotopic (exact) mass is 291 g/mol. The van der Waals surface area contributed by atoms with Crippen molar-refractivity contribution >= 4 is 17.6 Å². The van der Waals surface area contributed by atoms with Crippen LogP contribution in [0.15, 0.2) is 24.3 Å². The molecule has 0 aliphatic carbocycles. The minimum absolute atomic E-state index is 0.0244. The molecule has 116 valence electrons. The van der Waals surface area contributed by atoms with Crippen molar-refractivity contribution < 1.29 is 14.7 Å². The Morgan fingerprint density at radius 1 is 1.00 bits per heavy atom. The molecule has 1 rings (SSSR count). The van der Waals surface area contributed by atoms with Crippen LogP contribution in [0.4, 0.5) is 5.69 Å². The second kappa shape index (κ2) is 6.29. The Labute approximate surface area is 126 Å². The molecule has 0 bridgehead atoms. The van der Waals surface area contributed by atoms with Gasteiger partial charge >= 0.3 is 5.97 Å². The lowest BCUT2D eigenvalue weighted by Crippen LogP contribution is -2.24. The van der Waals surface area contributed by atoms with Crippen molar-refractivity contribution in [3.63, 3.8) is 0 Å². The Balaban J connectivity index is 2.65. The maximum atomic E-state index is 12.0. The number of carbonyl (C=O) groups is 2. The number of hydrogen-bond acceptors (Lipinski definition) is 2. The van der Waals surface area contributed by atoms with E-state index in [-0.39, 0.29) is 24.2 Å². The Morgan fingerprint density at radius 2 is 1.52 bits per heavy atom. The molecule has 0 heterocycles. The molecule has 0 saturated carbocycles. The van der Waals surface area contributed by atoms with Gasteiger partial charge in [0.1, 0.15) is 0 Å². The minimum Gasteiger partial charge on any atom is -0.481 e. The van der Waals surface area contributed by atoms with Crippen molar-refractivity contribution in [2.45, 2.75) is 52.9 Å². The average Bonchev–Trinajstić information content (AvgIpc) is 2.25. The Morgan fingerprint density at radius 3 is 1.95 bits per heavy atom. The molecular weight excluding hydrogens is 266 g/mol. The summed E-state index contributed by atoms with van der Waals surface area (Å²) in [6, 6.07) is 7.75.